The van der Waals surface area contributed by atoms with Gasteiger partial charge in [-0.2, -0.15) is 17.9 Å². The maximum Gasteiger partial charge on any atom is 0.222 e. The Kier molecular flexibility index (Phi) is 4.35. The van der Waals surface area contributed by atoms with Gasteiger partial charge in [0.1, 0.15) is 11.4 Å². The summed E-state index contributed by atoms with van der Waals surface area (Å²) in [6.07, 6.45) is 0. The molecule has 0 amide bonds. The van der Waals surface area contributed by atoms with Crippen LogP contribution in [0.4, 0.5) is 0 Å². The molecule has 0 N–H and O–H groups in total. The van der Waals surface area contributed by atoms with Crippen molar-refractivity contribution in [3.8, 4) is 34.4 Å². The summed E-state index contributed by atoms with van der Waals surface area (Å²) in [6, 6.07) is 19.2. The standard InChI is InChI=1S/C18H14N2O2S/c1-21-14-9-7-12(8-10-14)16-17(13-5-3-2-4-6-13)22-18(20-16)15(23)11-19/h2-10,15,23H,1H3. The molecular weight excluding hydrogens is 308 g/mol. The lowest BCUT2D eigenvalue weighted by molar-refractivity contribution is 0.415. The zero-order valence-corrected chi connectivity index (χ0v) is 13.3. The Morgan fingerprint density at radius 2 is 1.78 bits per heavy atom. The van der Waals surface area contributed by atoms with E-state index in [1.165, 1.54) is 0 Å². The van der Waals surface area contributed by atoms with Gasteiger partial charge in [0.15, 0.2) is 11.0 Å². The molecular formula is C18H14N2O2S. The number of benzene rings is 2. The molecule has 0 aliphatic carbocycles. The van der Waals surface area contributed by atoms with Gasteiger partial charge in [-0.1, -0.05) is 30.3 Å². The van der Waals surface area contributed by atoms with Gasteiger partial charge in [-0.15, -0.1) is 0 Å². The number of thiol groups is 1. The number of rotatable bonds is 4. The molecule has 0 aliphatic rings. The first-order chi connectivity index (χ1) is 11.2. The first-order valence-corrected chi connectivity index (χ1v) is 7.53. The van der Waals surface area contributed by atoms with Crippen LogP contribution in [-0.2, 0) is 0 Å². The van der Waals surface area contributed by atoms with Crippen LogP contribution in [0, 0.1) is 11.3 Å². The summed E-state index contributed by atoms with van der Waals surface area (Å²) in [4.78, 5) is 4.48. The second-order valence-electron chi connectivity index (χ2n) is 4.86. The summed E-state index contributed by atoms with van der Waals surface area (Å²) >= 11 is 4.20. The molecule has 4 nitrogen and oxygen atoms in total. The number of aromatic nitrogens is 1. The van der Waals surface area contributed by atoms with Gasteiger partial charge in [0.2, 0.25) is 5.89 Å². The van der Waals surface area contributed by atoms with Gasteiger partial charge in [-0.25, -0.2) is 4.98 Å². The highest BCUT2D eigenvalue weighted by Gasteiger charge is 2.20. The average Bonchev–Trinajstić information content (AvgIpc) is 3.07. The SMILES string of the molecule is COc1ccc(-c2nc(C(S)C#N)oc2-c2ccccc2)cc1. The molecule has 0 saturated carbocycles. The summed E-state index contributed by atoms with van der Waals surface area (Å²) in [7, 11) is 1.62. The predicted molar refractivity (Wildman–Crippen MR) is 91.3 cm³/mol. The van der Waals surface area contributed by atoms with Crippen molar-refractivity contribution in [3.05, 3.63) is 60.5 Å². The minimum atomic E-state index is -0.704. The van der Waals surface area contributed by atoms with Crippen LogP contribution in [-0.4, -0.2) is 12.1 Å². The van der Waals surface area contributed by atoms with Crippen LogP contribution in [0.3, 0.4) is 0 Å². The molecule has 23 heavy (non-hydrogen) atoms. The number of nitrogens with zero attached hydrogens (tertiary/aromatic N) is 2. The van der Waals surface area contributed by atoms with Crippen molar-refractivity contribution in [2.24, 2.45) is 0 Å². The van der Waals surface area contributed by atoms with E-state index in [-0.39, 0.29) is 0 Å². The van der Waals surface area contributed by atoms with Crippen molar-refractivity contribution >= 4 is 12.6 Å². The van der Waals surface area contributed by atoms with E-state index in [0.717, 1.165) is 16.9 Å². The molecule has 0 radical (unpaired) electrons. The largest absolute Gasteiger partial charge is 0.497 e. The molecule has 114 valence electrons. The minimum Gasteiger partial charge on any atom is -0.497 e. The van der Waals surface area contributed by atoms with Crippen molar-refractivity contribution in [1.82, 2.24) is 4.98 Å². The Morgan fingerprint density at radius 1 is 1.09 bits per heavy atom. The Balaban J connectivity index is 2.13. The molecule has 2 aromatic carbocycles. The molecule has 1 unspecified atom stereocenters. The zero-order chi connectivity index (χ0) is 16.2. The van der Waals surface area contributed by atoms with Crippen molar-refractivity contribution in [3.63, 3.8) is 0 Å². The van der Waals surface area contributed by atoms with Crippen molar-refractivity contribution in [1.29, 1.82) is 5.26 Å². The lowest BCUT2D eigenvalue weighted by atomic mass is 10.1. The molecule has 0 bridgehead atoms. The third kappa shape index (κ3) is 3.08. The molecule has 0 spiro atoms. The summed E-state index contributed by atoms with van der Waals surface area (Å²) in [6.45, 7) is 0. The number of methoxy groups -OCH3 is 1. The third-order valence-corrected chi connectivity index (χ3v) is 3.74. The van der Waals surface area contributed by atoms with E-state index in [4.69, 9.17) is 14.4 Å². The summed E-state index contributed by atoms with van der Waals surface area (Å²) < 4.78 is 11.0. The Labute approximate surface area is 139 Å². The van der Waals surface area contributed by atoms with Gasteiger partial charge in [0.05, 0.1) is 13.2 Å². The number of nitriles is 1. The number of ether oxygens (including phenoxy) is 1. The highest BCUT2D eigenvalue weighted by Crippen LogP contribution is 2.35. The number of oxazole rings is 1. The van der Waals surface area contributed by atoms with Crippen LogP contribution in [0.25, 0.3) is 22.6 Å². The summed E-state index contributed by atoms with van der Waals surface area (Å²) in [5.74, 6) is 1.68. The number of hydrogen-bond acceptors (Lipinski definition) is 5. The van der Waals surface area contributed by atoms with Gasteiger partial charge in [-0.3, -0.25) is 0 Å². The maximum atomic E-state index is 9.05. The molecule has 5 heteroatoms. The highest BCUT2D eigenvalue weighted by atomic mass is 32.1. The fourth-order valence-electron chi connectivity index (χ4n) is 2.24. The van der Waals surface area contributed by atoms with Crippen LogP contribution < -0.4 is 4.74 Å². The monoisotopic (exact) mass is 322 g/mol. The predicted octanol–water partition coefficient (Wildman–Crippen LogP) is 4.51. The topological polar surface area (TPSA) is 59.0 Å². The number of hydrogen-bond donors (Lipinski definition) is 1. The molecule has 3 aromatic rings. The minimum absolute atomic E-state index is 0.292. The van der Waals surface area contributed by atoms with E-state index in [9.17, 15) is 0 Å². The Bertz CT molecular complexity index is 836. The van der Waals surface area contributed by atoms with Gasteiger partial charge in [0.25, 0.3) is 0 Å². The van der Waals surface area contributed by atoms with Crippen LogP contribution in [0.1, 0.15) is 11.1 Å². The van der Waals surface area contributed by atoms with E-state index in [2.05, 4.69) is 17.6 Å². The van der Waals surface area contributed by atoms with E-state index < -0.39 is 5.25 Å². The second-order valence-corrected chi connectivity index (χ2v) is 5.37. The zero-order valence-electron chi connectivity index (χ0n) is 12.4. The first-order valence-electron chi connectivity index (χ1n) is 7.01. The van der Waals surface area contributed by atoms with E-state index in [0.29, 0.717) is 17.3 Å². The van der Waals surface area contributed by atoms with E-state index >= 15 is 0 Å². The van der Waals surface area contributed by atoms with Crippen molar-refractivity contribution < 1.29 is 9.15 Å². The van der Waals surface area contributed by atoms with Crippen molar-refractivity contribution in [2.45, 2.75) is 5.25 Å². The highest BCUT2D eigenvalue weighted by molar-refractivity contribution is 7.80. The average molecular weight is 322 g/mol. The van der Waals surface area contributed by atoms with E-state index in [1.54, 1.807) is 7.11 Å². The van der Waals surface area contributed by atoms with Crippen molar-refractivity contribution in [2.75, 3.05) is 7.11 Å². The third-order valence-electron chi connectivity index (χ3n) is 3.40. The molecule has 1 aromatic heterocycles. The normalized spacial score (nSPS) is 11.7. The first kappa shape index (κ1) is 15.2. The molecule has 1 heterocycles. The van der Waals surface area contributed by atoms with Gasteiger partial charge in [0, 0.05) is 11.1 Å². The van der Waals surface area contributed by atoms with Crippen LogP contribution in [0.5, 0.6) is 5.75 Å². The molecule has 0 fully saturated rings. The summed E-state index contributed by atoms with van der Waals surface area (Å²) in [5.41, 5.74) is 2.47. The maximum absolute atomic E-state index is 9.05. The van der Waals surface area contributed by atoms with Crippen LogP contribution in [0.15, 0.2) is 59.0 Å². The fourth-order valence-corrected chi connectivity index (χ4v) is 2.35. The van der Waals surface area contributed by atoms with Gasteiger partial charge >= 0.3 is 0 Å². The second kappa shape index (κ2) is 6.59. The van der Waals surface area contributed by atoms with Gasteiger partial charge < -0.3 is 9.15 Å². The quantitative estimate of drug-likeness (QED) is 0.718. The van der Waals surface area contributed by atoms with E-state index in [1.807, 2.05) is 60.7 Å². The Hall–Kier alpha value is -2.71. The molecule has 3 rings (SSSR count). The molecule has 0 saturated heterocycles. The molecule has 1 atom stereocenters. The lowest BCUT2D eigenvalue weighted by Crippen LogP contribution is -1.87. The summed E-state index contributed by atoms with van der Waals surface area (Å²) in [5, 5.41) is 8.35. The fraction of sp³-hybridized carbons (Fsp3) is 0.111. The Morgan fingerprint density at radius 3 is 2.39 bits per heavy atom. The molecule has 0 aliphatic heterocycles. The smallest absolute Gasteiger partial charge is 0.222 e. The van der Waals surface area contributed by atoms with Crippen LogP contribution in [0.2, 0.25) is 0 Å². The lowest BCUT2D eigenvalue weighted by Gasteiger charge is -2.03. The van der Waals surface area contributed by atoms with Crippen LogP contribution >= 0.6 is 12.6 Å². The van der Waals surface area contributed by atoms with Gasteiger partial charge in [-0.05, 0) is 24.3 Å².